The number of aryl methyl sites for hydroxylation is 1. The molecule has 0 saturated carbocycles. The molecule has 0 aliphatic heterocycles. The number of nitrogens with one attached hydrogen (secondary N) is 2. The number of ketones is 1. The third-order valence-corrected chi connectivity index (χ3v) is 3.81. The molecule has 0 saturated heterocycles. The van der Waals surface area contributed by atoms with Crippen molar-refractivity contribution in [2.45, 2.75) is 20.4 Å². The SMILES string of the molecule is CC(=O)c1ccc(Nc2nc(C)cc(C(=O)NCc3cccnc3)n2)cc1. The summed E-state index contributed by atoms with van der Waals surface area (Å²) >= 11 is 0. The van der Waals surface area contributed by atoms with Crippen LogP contribution >= 0.6 is 0 Å². The molecule has 2 heterocycles. The molecule has 0 aliphatic carbocycles. The number of Topliss-reactive ketones (excluding diaryl/α,β-unsaturated/α-hetero) is 1. The molecule has 0 spiro atoms. The lowest BCUT2D eigenvalue weighted by molar-refractivity contribution is 0.0944. The van der Waals surface area contributed by atoms with Crippen molar-refractivity contribution < 1.29 is 9.59 Å². The number of amides is 1. The predicted octanol–water partition coefficient (Wildman–Crippen LogP) is 3.06. The van der Waals surface area contributed by atoms with Gasteiger partial charge in [-0.2, -0.15) is 0 Å². The van der Waals surface area contributed by atoms with Crippen LogP contribution in [-0.2, 0) is 6.54 Å². The van der Waals surface area contributed by atoms with Gasteiger partial charge in [0, 0.05) is 35.9 Å². The van der Waals surface area contributed by atoms with Crippen LogP contribution in [0.1, 0.15) is 39.0 Å². The monoisotopic (exact) mass is 361 g/mol. The van der Waals surface area contributed by atoms with Gasteiger partial charge in [-0.25, -0.2) is 9.97 Å². The third-order valence-electron chi connectivity index (χ3n) is 3.81. The van der Waals surface area contributed by atoms with Crippen molar-refractivity contribution in [2.24, 2.45) is 0 Å². The summed E-state index contributed by atoms with van der Waals surface area (Å²) in [6.07, 6.45) is 3.38. The van der Waals surface area contributed by atoms with Gasteiger partial charge in [0.1, 0.15) is 5.69 Å². The van der Waals surface area contributed by atoms with Crippen molar-refractivity contribution in [2.75, 3.05) is 5.32 Å². The minimum Gasteiger partial charge on any atom is -0.347 e. The number of hydrogen-bond donors (Lipinski definition) is 2. The topological polar surface area (TPSA) is 96.9 Å². The number of anilines is 2. The summed E-state index contributed by atoms with van der Waals surface area (Å²) in [7, 11) is 0. The number of nitrogens with zero attached hydrogens (tertiary/aromatic N) is 3. The molecule has 2 N–H and O–H groups in total. The van der Waals surface area contributed by atoms with Crippen molar-refractivity contribution >= 4 is 23.3 Å². The lowest BCUT2D eigenvalue weighted by Gasteiger charge is -2.09. The van der Waals surface area contributed by atoms with Crippen LogP contribution in [0.25, 0.3) is 0 Å². The van der Waals surface area contributed by atoms with E-state index in [1.807, 2.05) is 12.1 Å². The van der Waals surface area contributed by atoms with Crippen LogP contribution in [0.4, 0.5) is 11.6 Å². The first-order valence-electron chi connectivity index (χ1n) is 8.42. The van der Waals surface area contributed by atoms with Gasteiger partial charge >= 0.3 is 0 Å². The average Bonchev–Trinajstić information content (AvgIpc) is 2.67. The Hall–Kier alpha value is -3.61. The zero-order valence-electron chi connectivity index (χ0n) is 15.1. The highest BCUT2D eigenvalue weighted by atomic mass is 16.1. The molecule has 136 valence electrons. The van der Waals surface area contributed by atoms with E-state index in [1.165, 1.54) is 6.92 Å². The number of rotatable bonds is 6. The van der Waals surface area contributed by atoms with E-state index in [4.69, 9.17) is 0 Å². The minimum absolute atomic E-state index is 0.000860. The third kappa shape index (κ3) is 4.94. The molecule has 27 heavy (non-hydrogen) atoms. The Kier molecular flexibility index (Phi) is 5.51. The molecule has 7 heteroatoms. The van der Waals surface area contributed by atoms with Gasteiger partial charge < -0.3 is 10.6 Å². The van der Waals surface area contributed by atoms with E-state index < -0.39 is 0 Å². The molecule has 0 unspecified atom stereocenters. The number of aromatic nitrogens is 3. The summed E-state index contributed by atoms with van der Waals surface area (Å²) in [5, 5.41) is 5.88. The van der Waals surface area contributed by atoms with Crippen LogP contribution in [0.5, 0.6) is 0 Å². The number of carbonyl (C=O) groups excluding carboxylic acids is 2. The Balaban J connectivity index is 1.71. The summed E-state index contributed by atoms with van der Waals surface area (Å²) in [5.41, 5.74) is 3.20. The van der Waals surface area contributed by atoms with Gasteiger partial charge in [-0.15, -0.1) is 0 Å². The van der Waals surface area contributed by atoms with Gasteiger partial charge in [-0.3, -0.25) is 14.6 Å². The van der Waals surface area contributed by atoms with E-state index in [0.29, 0.717) is 23.8 Å². The fraction of sp³-hybridized carbons (Fsp3) is 0.150. The number of hydrogen-bond acceptors (Lipinski definition) is 6. The highest BCUT2D eigenvalue weighted by Gasteiger charge is 2.11. The molecular weight excluding hydrogens is 342 g/mol. The quantitative estimate of drug-likeness (QED) is 0.655. The van der Waals surface area contributed by atoms with Gasteiger partial charge in [0.2, 0.25) is 5.95 Å². The molecule has 7 nitrogen and oxygen atoms in total. The molecule has 0 atom stereocenters. The molecule has 0 radical (unpaired) electrons. The zero-order valence-corrected chi connectivity index (χ0v) is 15.1. The smallest absolute Gasteiger partial charge is 0.270 e. The summed E-state index contributed by atoms with van der Waals surface area (Å²) < 4.78 is 0. The van der Waals surface area contributed by atoms with Crippen LogP contribution in [0.15, 0.2) is 54.9 Å². The highest BCUT2D eigenvalue weighted by molar-refractivity contribution is 5.94. The fourth-order valence-electron chi connectivity index (χ4n) is 2.43. The average molecular weight is 361 g/mol. The maximum absolute atomic E-state index is 12.4. The van der Waals surface area contributed by atoms with Crippen LogP contribution in [0.3, 0.4) is 0 Å². The van der Waals surface area contributed by atoms with E-state index in [0.717, 1.165) is 11.3 Å². The molecule has 0 bridgehead atoms. The van der Waals surface area contributed by atoms with Gasteiger partial charge in [-0.1, -0.05) is 6.07 Å². The largest absolute Gasteiger partial charge is 0.347 e. The van der Waals surface area contributed by atoms with Gasteiger partial charge in [0.15, 0.2) is 5.78 Å². The standard InChI is InChI=1S/C20H19N5O2/c1-13-10-18(19(27)22-12-15-4-3-9-21-11-15)25-20(23-13)24-17-7-5-16(6-8-17)14(2)26/h3-11H,12H2,1-2H3,(H,22,27)(H,23,24,25). The molecule has 0 aliphatic rings. The van der Waals surface area contributed by atoms with Crippen LogP contribution in [0, 0.1) is 6.92 Å². The highest BCUT2D eigenvalue weighted by Crippen LogP contribution is 2.15. The van der Waals surface area contributed by atoms with Crippen molar-refractivity contribution in [3.63, 3.8) is 0 Å². The van der Waals surface area contributed by atoms with Crippen LogP contribution < -0.4 is 10.6 Å². The first kappa shape index (κ1) is 18.2. The number of carbonyl (C=O) groups is 2. The van der Waals surface area contributed by atoms with Crippen molar-refractivity contribution in [1.82, 2.24) is 20.3 Å². The van der Waals surface area contributed by atoms with Crippen molar-refractivity contribution in [3.05, 3.63) is 77.4 Å². The number of pyridine rings is 1. The van der Waals surface area contributed by atoms with Gasteiger partial charge in [0.05, 0.1) is 0 Å². The first-order valence-corrected chi connectivity index (χ1v) is 8.42. The Morgan fingerprint density at radius 2 is 1.85 bits per heavy atom. The summed E-state index contributed by atoms with van der Waals surface area (Å²) in [5.74, 6) is 0.0253. The summed E-state index contributed by atoms with van der Waals surface area (Å²) in [6, 6.07) is 12.3. The van der Waals surface area contributed by atoms with E-state index in [-0.39, 0.29) is 17.4 Å². The lowest BCUT2D eigenvalue weighted by Crippen LogP contribution is -2.24. The Bertz CT molecular complexity index is 956. The normalized spacial score (nSPS) is 10.3. The second kappa shape index (κ2) is 8.18. The van der Waals surface area contributed by atoms with Crippen molar-refractivity contribution in [1.29, 1.82) is 0 Å². The first-order chi connectivity index (χ1) is 13.0. The maximum atomic E-state index is 12.4. The fourth-order valence-corrected chi connectivity index (χ4v) is 2.43. The zero-order chi connectivity index (χ0) is 19.2. The van der Waals surface area contributed by atoms with E-state index in [1.54, 1.807) is 49.6 Å². The molecule has 0 fully saturated rings. The molecule has 1 aromatic carbocycles. The second-order valence-electron chi connectivity index (χ2n) is 6.02. The Morgan fingerprint density at radius 1 is 1.07 bits per heavy atom. The van der Waals surface area contributed by atoms with Gasteiger partial charge in [-0.05, 0) is 55.8 Å². The maximum Gasteiger partial charge on any atom is 0.270 e. The second-order valence-corrected chi connectivity index (χ2v) is 6.02. The van der Waals surface area contributed by atoms with Crippen molar-refractivity contribution in [3.8, 4) is 0 Å². The van der Waals surface area contributed by atoms with E-state index in [2.05, 4.69) is 25.6 Å². The molecule has 1 amide bonds. The predicted molar refractivity (Wildman–Crippen MR) is 102 cm³/mol. The minimum atomic E-state index is -0.292. The van der Waals surface area contributed by atoms with Gasteiger partial charge in [0.25, 0.3) is 5.91 Å². The van der Waals surface area contributed by atoms with E-state index in [9.17, 15) is 9.59 Å². The Labute approximate surface area is 156 Å². The lowest BCUT2D eigenvalue weighted by atomic mass is 10.1. The Morgan fingerprint density at radius 3 is 2.52 bits per heavy atom. The van der Waals surface area contributed by atoms with Crippen LogP contribution in [0.2, 0.25) is 0 Å². The van der Waals surface area contributed by atoms with Crippen LogP contribution in [-0.4, -0.2) is 26.6 Å². The number of benzene rings is 1. The molecular formula is C20H19N5O2. The molecule has 2 aromatic heterocycles. The molecule has 3 aromatic rings. The molecule has 3 rings (SSSR count). The summed E-state index contributed by atoms with van der Waals surface area (Å²) in [6.45, 7) is 3.68. The van der Waals surface area contributed by atoms with E-state index >= 15 is 0 Å². The summed E-state index contributed by atoms with van der Waals surface area (Å²) in [4.78, 5) is 36.4.